The molecule has 0 spiro atoms. The fourth-order valence-electron chi connectivity index (χ4n) is 2.68. The normalized spacial score (nSPS) is 22.5. The predicted octanol–water partition coefficient (Wildman–Crippen LogP) is 2.01. The van der Waals surface area contributed by atoms with Gasteiger partial charge in [-0.05, 0) is 18.8 Å². The maximum atomic E-state index is 12.5. The highest BCUT2D eigenvalue weighted by Gasteiger charge is 2.37. The third kappa shape index (κ3) is 6.32. The Morgan fingerprint density at radius 1 is 1.29 bits per heavy atom. The second-order valence-electron chi connectivity index (χ2n) is 6.14. The number of amides is 1. The maximum Gasteiger partial charge on any atom is 0.241 e. The van der Waals surface area contributed by atoms with Gasteiger partial charge in [-0.3, -0.25) is 10.1 Å². The first-order chi connectivity index (χ1) is 10.1. The fourth-order valence-corrected chi connectivity index (χ4v) is 2.68. The first-order valence-electron chi connectivity index (χ1n) is 8.23. The Morgan fingerprint density at radius 2 is 2.05 bits per heavy atom. The number of nitrogens with zero attached hydrogens (tertiary/aromatic N) is 1. The van der Waals surface area contributed by atoms with E-state index in [0.29, 0.717) is 32.3 Å². The van der Waals surface area contributed by atoms with Crippen LogP contribution in [-0.4, -0.2) is 56.5 Å². The van der Waals surface area contributed by atoms with E-state index in [-0.39, 0.29) is 18.1 Å². The van der Waals surface area contributed by atoms with E-state index >= 15 is 0 Å². The molecule has 0 aromatic heterocycles. The lowest BCUT2D eigenvalue weighted by Gasteiger charge is -2.25. The van der Waals surface area contributed by atoms with Crippen LogP contribution in [0.5, 0.6) is 0 Å². The molecule has 0 aromatic carbocycles. The van der Waals surface area contributed by atoms with Crippen LogP contribution in [0.3, 0.4) is 0 Å². The Bertz CT molecular complexity index is 297. The molecular formula is C16H32N2O3. The second kappa shape index (κ2) is 10.1. The Labute approximate surface area is 129 Å². The zero-order chi connectivity index (χ0) is 15.7. The topological polar surface area (TPSA) is 50.8 Å². The highest BCUT2D eigenvalue weighted by molar-refractivity contribution is 5.84. The molecule has 124 valence electrons. The van der Waals surface area contributed by atoms with Gasteiger partial charge in [-0.25, -0.2) is 0 Å². The van der Waals surface area contributed by atoms with Crippen LogP contribution in [0.1, 0.15) is 46.5 Å². The van der Waals surface area contributed by atoms with Gasteiger partial charge >= 0.3 is 0 Å². The Kier molecular flexibility index (Phi) is 8.88. The molecule has 1 heterocycles. The summed E-state index contributed by atoms with van der Waals surface area (Å²) in [5, 5.41) is 3.51. The average molecular weight is 300 g/mol. The van der Waals surface area contributed by atoms with Crippen molar-refractivity contribution in [3.8, 4) is 0 Å². The molecule has 1 N–H and O–H groups in total. The van der Waals surface area contributed by atoms with Gasteiger partial charge in [0, 0.05) is 13.7 Å². The smallest absolute Gasteiger partial charge is 0.241 e. The van der Waals surface area contributed by atoms with Crippen molar-refractivity contribution in [3.63, 3.8) is 0 Å². The molecule has 2 atom stereocenters. The minimum atomic E-state index is -0.00678. The van der Waals surface area contributed by atoms with Crippen LogP contribution >= 0.6 is 0 Å². The van der Waals surface area contributed by atoms with Crippen molar-refractivity contribution in [1.82, 2.24) is 10.2 Å². The number of unbranched alkanes of at least 4 members (excludes halogenated alkanes) is 1. The predicted molar refractivity (Wildman–Crippen MR) is 84.1 cm³/mol. The molecule has 0 aromatic rings. The summed E-state index contributed by atoms with van der Waals surface area (Å²) in [6.07, 6.45) is 4.30. The van der Waals surface area contributed by atoms with Crippen LogP contribution in [0.4, 0.5) is 0 Å². The summed E-state index contributed by atoms with van der Waals surface area (Å²) in [6.45, 7) is 8.96. The van der Waals surface area contributed by atoms with Crippen molar-refractivity contribution in [1.29, 1.82) is 0 Å². The first kappa shape index (κ1) is 18.4. The Balaban J connectivity index is 2.47. The highest BCUT2D eigenvalue weighted by atomic mass is 16.5. The van der Waals surface area contributed by atoms with E-state index in [4.69, 9.17) is 9.47 Å². The van der Waals surface area contributed by atoms with Gasteiger partial charge in [0.15, 0.2) is 0 Å². The third-order valence-corrected chi connectivity index (χ3v) is 3.80. The number of rotatable bonds is 11. The van der Waals surface area contributed by atoms with Gasteiger partial charge in [0.1, 0.15) is 0 Å². The summed E-state index contributed by atoms with van der Waals surface area (Å²) in [7, 11) is 1.66. The fraction of sp³-hybridized carbons (Fsp3) is 0.938. The molecule has 0 aliphatic carbocycles. The summed E-state index contributed by atoms with van der Waals surface area (Å²) in [6, 6.07) is -0.00678. The average Bonchev–Trinajstić information content (AvgIpc) is 2.72. The van der Waals surface area contributed by atoms with Crippen LogP contribution in [0, 0.1) is 5.92 Å². The molecular weight excluding hydrogens is 268 g/mol. The van der Waals surface area contributed by atoms with E-state index in [2.05, 4.69) is 26.1 Å². The van der Waals surface area contributed by atoms with E-state index in [1.165, 1.54) is 0 Å². The van der Waals surface area contributed by atoms with Crippen LogP contribution in [0.25, 0.3) is 0 Å². The Morgan fingerprint density at radius 3 is 2.67 bits per heavy atom. The van der Waals surface area contributed by atoms with Crippen LogP contribution in [0.15, 0.2) is 0 Å². The van der Waals surface area contributed by atoms with E-state index in [1.54, 1.807) is 7.11 Å². The van der Waals surface area contributed by atoms with Crippen molar-refractivity contribution < 1.29 is 14.3 Å². The Hall–Kier alpha value is -0.650. The molecule has 0 radical (unpaired) electrons. The zero-order valence-corrected chi connectivity index (χ0v) is 14.1. The molecule has 5 heteroatoms. The number of hydrogen-bond donors (Lipinski definition) is 1. The SMILES string of the molecule is CCCCC1NC(CC(C)C)N(CCOCCOC)C1=O. The standard InChI is InChI=1S/C16H32N2O3/c1-5-6-7-14-16(19)18(8-9-21-11-10-20-4)15(17-14)12-13(2)3/h13-15,17H,5-12H2,1-4H3. The molecule has 1 aliphatic heterocycles. The van der Waals surface area contributed by atoms with E-state index in [9.17, 15) is 4.79 Å². The molecule has 1 amide bonds. The van der Waals surface area contributed by atoms with Gasteiger partial charge in [0.05, 0.1) is 32.0 Å². The van der Waals surface area contributed by atoms with Gasteiger partial charge in [-0.2, -0.15) is 0 Å². The van der Waals surface area contributed by atoms with Gasteiger partial charge < -0.3 is 14.4 Å². The molecule has 1 fully saturated rings. The summed E-state index contributed by atoms with van der Waals surface area (Å²) in [5.74, 6) is 0.807. The summed E-state index contributed by atoms with van der Waals surface area (Å²) < 4.78 is 10.5. The van der Waals surface area contributed by atoms with Gasteiger partial charge in [-0.15, -0.1) is 0 Å². The maximum absolute atomic E-state index is 12.5. The number of carbonyl (C=O) groups is 1. The lowest BCUT2D eigenvalue weighted by atomic mass is 10.1. The molecule has 2 unspecified atom stereocenters. The van der Waals surface area contributed by atoms with Crippen molar-refractivity contribution in [2.24, 2.45) is 5.92 Å². The molecule has 1 rings (SSSR count). The summed E-state index contributed by atoms with van der Waals surface area (Å²) >= 11 is 0. The monoisotopic (exact) mass is 300 g/mol. The molecule has 5 nitrogen and oxygen atoms in total. The molecule has 1 saturated heterocycles. The van der Waals surface area contributed by atoms with Crippen LogP contribution in [-0.2, 0) is 14.3 Å². The van der Waals surface area contributed by atoms with Crippen molar-refractivity contribution in [2.45, 2.75) is 58.7 Å². The number of ether oxygens (including phenoxy) is 2. The van der Waals surface area contributed by atoms with Gasteiger partial charge in [0.2, 0.25) is 5.91 Å². The largest absolute Gasteiger partial charge is 0.382 e. The highest BCUT2D eigenvalue weighted by Crippen LogP contribution is 2.20. The lowest BCUT2D eigenvalue weighted by Crippen LogP contribution is -2.40. The minimum absolute atomic E-state index is 0.00678. The molecule has 1 aliphatic rings. The number of carbonyl (C=O) groups excluding carboxylic acids is 1. The zero-order valence-electron chi connectivity index (χ0n) is 14.1. The summed E-state index contributed by atoms with van der Waals surface area (Å²) in [4.78, 5) is 14.5. The van der Waals surface area contributed by atoms with Crippen molar-refractivity contribution in [3.05, 3.63) is 0 Å². The van der Waals surface area contributed by atoms with Gasteiger partial charge in [0.25, 0.3) is 0 Å². The van der Waals surface area contributed by atoms with Crippen molar-refractivity contribution in [2.75, 3.05) is 33.5 Å². The van der Waals surface area contributed by atoms with Crippen LogP contribution < -0.4 is 5.32 Å². The minimum Gasteiger partial charge on any atom is -0.382 e. The number of hydrogen-bond acceptors (Lipinski definition) is 4. The van der Waals surface area contributed by atoms with Gasteiger partial charge in [-0.1, -0.05) is 33.6 Å². The van der Waals surface area contributed by atoms with E-state index < -0.39 is 0 Å². The van der Waals surface area contributed by atoms with Crippen molar-refractivity contribution >= 4 is 5.91 Å². The summed E-state index contributed by atoms with van der Waals surface area (Å²) in [5.41, 5.74) is 0. The second-order valence-corrected chi connectivity index (χ2v) is 6.14. The molecule has 21 heavy (non-hydrogen) atoms. The molecule has 0 saturated carbocycles. The van der Waals surface area contributed by atoms with E-state index in [0.717, 1.165) is 25.7 Å². The molecule has 0 bridgehead atoms. The van der Waals surface area contributed by atoms with Crippen LogP contribution in [0.2, 0.25) is 0 Å². The van der Waals surface area contributed by atoms with E-state index in [1.807, 2.05) is 4.90 Å². The quantitative estimate of drug-likeness (QED) is 0.593. The third-order valence-electron chi connectivity index (χ3n) is 3.80. The number of methoxy groups -OCH3 is 1. The number of nitrogens with one attached hydrogen (secondary N) is 1. The lowest BCUT2D eigenvalue weighted by molar-refractivity contribution is -0.131. The first-order valence-corrected chi connectivity index (χ1v) is 8.23.